The summed E-state index contributed by atoms with van der Waals surface area (Å²) in [7, 11) is 1.92. The van der Waals surface area contributed by atoms with Crippen LogP contribution in [0.25, 0.3) is 0 Å². The zero-order chi connectivity index (χ0) is 20.9. The van der Waals surface area contributed by atoms with E-state index in [-0.39, 0.29) is 5.91 Å². The minimum absolute atomic E-state index is 0.124. The number of nitrogens with zero attached hydrogens (tertiary/aromatic N) is 4. The smallest absolute Gasteiger partial charge is 0.242 e. The van der Waals surface area contributed by atoms with Gasteiger partial charge in [-0.25, -0.2) is 4.99 Å². The maximum absolute atomic E-state index is 12.4. The Kier molecular flexibility index (Phi) is 11.3. The molecule has 0 heterocycles. The SMILES string of the molecule is CCNC(=NCc1cccc(CN(CC)CC)c1)N(C)CC(=O)N(CC)CC. The molecule has 0 aliphatic carbocycles. The minimum atomic E-state index is 0.124. The van der Waals surface area contributed by atoms with Crippen LogP contribution in [0.1, 0.15) is 45.7 Å². The van der Waals surface area contributed by atoms with Crippen LogP contribution < -0.4 is 5.32 Å². The second-order valence-corrected chi connectivity index (χ2v) is 6.87. The Morgan fingerprint density at radius 3 is 2.21 bits per heavy atom. The molecule has 6 nitrogen and oxygen atoms in total. The molecule has 0 aliphatic rings. The number of hydrogen-bond donors (Lipinski definition) is 1. The molecule has 1 aromatic rings. The molecule has 1 N–H and O–H groups in total. The lowest BCUT2D eigenvalue weighted by atomic mass is 10.1. The summed E-state index contributed by atoms with van der Waals surface area (Å²) in [6.07, 6.45) is 0. The third kappa shape index (κ3) is 7.89. The Hall–Kier alpha value is -2.08. The van der Waals surface area contributed by atoms with Crippen molar-refractivity contribution in [3.8, 4) is 0 Å². The first-order valence-electron chi connectivity index (χ1n) is 10.6. The van der Waals surface area contributed by atoms with Gasteiger partial charge in [0.25, 0.3) is 0 Å². The van der Waals surface area contributed by atoms with Crippen LogP contribution >= 0.6 is 0 Å². The van der Waals surface area contributed by atoms with Crippen LogP contribution in [0, 0.1) is 0 Å². The summed E-state index contributed by atoms with van der Waals surface area (Å²) in [5.41, 5.74) is 2.50. The average molecular weight is 390 g/mol. The highest BCUT2D eigenvalue weighted by Gasteiger charge is 2.15. The van der Waals surface area contributed by atoms with Crippen LogP contribution in [-0.4, -0.2) is 72.9 Å². The second kappa shape index (κ2) is 13.2. The third-order valence-electron chi connectivity index (χ3n) is 4.89. The summed E-state index contributed by atoms with van der Waals surface area (Å²) < 4.78 is 0. The van der Waals surface area contributed by atoms with Gasteiger partial charge in [0, 0.05) is 33.2 Å². The van der Waals surface area contributed by atoms with E-state index in [4.69, 9.17) is 4.99 Å². The van der Waals surface area contributed by atoms with E-state index in [1.165, 1.54) is 11.1 Å². The van der Waals surface area contributed by atoms with Crippen molar-refractivity contribution in [2.75, 3.05) is 46.3 Å². The van der Waals surface area contributed by atoms with Crippen molar-refractivity contribution < 1.29 is 4.79 Å². The minimum Gasteiger partial charge on any atom is -0.357 e. The number of amides is 1. The van der Waals surface area contributed by atoms with E-state index >= 15 is 0 Å². The van der Waals surface area contributed by atoms with Gasteiger partial charge in [0.05, 0.1) is 13.1 Å². The Morgan fingerprint density at radius 1 is 1.00 bits per heavy atom. The molecular formula is C22H39N5O. The largest absolute Gasteiger partial charge is 0.357 e. The average Bonchev–Trinajstić information content (AvgIpc) is 2.70. The summed E-state index contributed by atoms with van der Waals surface area (Å²) in [6.45, 7) is 16.7. The molecule has 28 heavy (non-hydrogen) atoms. The van der Waals surface area contributed by atoms with Crippen molar-refractivity contribution in [1.82, 2.24) is 20.0 Å². The van der Waals surface area contributed by atoms with Gasteiger partial charge in [0.15, 0.2) is 5.96 Å². The highest BCUT2D eigenvalue weighted by atomic mass is 16.2. The Balaban J connectivity index is 2.82. The highest BCUT2D eigenvalue weighted by molar-refractivity contribution is 5.86. The van der Waals surface area contributed by atoms with Crippen LogP contribution in [0.5, 0.6) is 0 Å². The number of carbonyl (C=O) groups is 1. The number of rotatable bonds is 11. The topological polar surface area (TPSA) is 51.2 Å². The summed E-state index contributed by atoms with van der Waals surface area (Å²) in [6, 6.07) is 8.61. The van der Waals surface area contributed by atoms with Crippen molar-refractivity contribution in [1.29, 1.82) is 0 Å². The first kappa shape index (κ1) is 24.0. The van der Waals surface area contributed by atoms with E-state index < -0.39 is 0 Å². The molecule has 1 aromatic carbocycles. The molecule has 0 atom stereocenters. The van der Waals surface area contributed by atoms with Gasteiger partial charge in [-0.3, -0.25) is 9.69 Å². The third-order valence-corrected chi connectivity index (χ3v) is 4.89. The molecule has 0 saturated carbocycles. The molecule has 1 rings (SSSR count). The molecular weight excluding hydrogens is 350 g/mol. The van der Waals surface area contributed by atoms with Gasteiger partial charge in [-0.1, -0.05) is 38.1 Å². The Labute approximate surface area is 171 Å². The number of hydrogen-bond acceptors (Lipinski definition) is 3. The van der Waals surface area contributed by atoms with Crippen LogP contribution in [-0.2, 0) is 17.9 Å². The first-order valence-corrected chi connectivity index (χ1v) is 10.6. The molecule has 0 saturated heterocycles. The fourth-order valence-corrected chi connectivity index (χ4v) is 3.12. The summed E-state index contributed by atoms with van der Waals surface area (Å²) >= 11 is 0. The molecule has 0 bridgehead atoms. The lowest BCUT2D eigenvalue weighted by molar-refractivity contribution is -0.131. The number of benzene rings is 1. The number of carbonyl (C=O) groups excluding carboxylic acids is 1. The zero-order valence-corrected chi connectivity index (χ0v) is 18.7. The van der Waals surface area contributed by atoms with Crippen molar-refractivity contribution in [3.63, 3.8) is 0 Å². The molecule has 0 aromatic heterocycles. The standard InChI is InChI=1S/C22H39N5O/c1-7-23-22(25(6)18-21(28)27(10-4)11-5)24-16-19-13-12-14-20(15-19)17-26(8-2)9-3/h12-15H,7-11,16-18H2,1-6H3,(H,23,24). The van der Waals surface area contributed by atoms with Gasteiger partial charge in [-0.2, -0.15) is 0 Å². The van der Waals surface area contributed by atoms with Crippen molar-refractivity contribution >= 4 is 11.9 Å². The van der Waals surface area contributed by atoms with Crippen molar-refractivity contribution in [2.45, 2.75) is 47.7 Å². The molecule has 0 radical (unpaired) electrons. The molecule has 6 heteroatoms. The summed E-state index contributed by atoms with van der Waals surface area (Å²) in [4.78, 5) is 23.3. The van der Waals surface area contributed by atoms with Gasteiger partial charge >= 0.3 is 0 Å². The number of guanidine groups is 1. The molecule has 0 unspecified atom stereocenters. The van der Waals surface area contributed by atoms with E-state index in [0.717, 1.165) is 45.2 Å². The van der Waals surface area contributed by atoms with E-state index in [9.17, 15) is 4.79 Å². The van der Waals surface area contributed by atoms with Gasteiger partial charge in [-0.15, -0.1) is 0 Å². The Bertz CT molecular complexity index is 609. The fourth-order valence-electron chi connectivity index (χ4n) is 3.12. The van der Waals surface area contributed by atoms with Gasteiger partial charge in [-0.05, 0) is 45.0 Å². The van der Waals surface area contributed by atoms with E-state index in [0.29, 0.717) is 13.1 Å². The lowest BCUT2D eigenvalue weighted by Gasteiger charge is -2.25. The van der Waals surface area contributed by atoms with Gasteiger partial charge in [0.2, 0.25) is 5.91 Å². The summed E-state index contributed by atoms with van der Waals surface area (Å²) in [5, 5.41) is 3.29. The molecule has 0 spiro atoms. The highest BCUT2D eigenvalue weighted by Crippen LogP contribution is 2.10. The molecule has 0 aliphatic heterocycles. The monoisotopic (exact) mass is 389 g/mol. The number of nitrogens with one attached hydrogen (secondary N) is 1. The summed E-state index contributed by atoms with van der Waals surface area (Å²) in [5.74, 6) is 0.886. The lowest BCUT2D eigenvalue weighted by Crippen LogP contribution is -2.45. The maximum atomic E-state index is 12.4. The number of aliphatic imine (C=N–C) groups is 1. The van der Waals surface area contributed by atoms with E-state index in [1.54, 1.807) is 0 Å². The number of likely N-dealkylation sites (N-methyl/N-ethyl adjacent to an activating group) is 2. The van der Waals surface area contributed by atoms with Crippen LogP contribution in [0.4, 0.5) is 0 Å². The quantitative estimate of drug-likeness (QED) is 0.467. The van der Waals surface area contributed by atoms with Crippen LogP contribution in [0.15, 0.2) is 29.3 Å². The van der Waals surface area contributed by atoms with Crippen LogP contribution in [0.2, 0.25) is 0 Å². The predicted octanol–water partition coefficient (Wildman–Crippen LogP) is 2.79. The molecule has 0 fully saturated rings. The van der Waals surface area contributed by atoms with E-state index in [2.05, 4.69) is 48.3 Å². The predicted molar refractivity (Wildman–Crippen MR) is 118 cm³/mol. The van der Waals surface area contributed by atoms with Crippen LogP contribution in [0.3, 0.4) is 0 Å². The zero-order valence-electron chi connectivity index (χ0n) is 18.7. The van der Waals surface area contributed by atoms with Crippen molar-refractivity contribution in [3.05, 3.63) is 35.4 Å². The Morgan fingerprint density at radius 2 is 1.64 bits per heavy atom. The normalized spacial score (nSPS) is 11.6. The fraction of sp³-hybridized carbons (Fsp3) is 0.636. The maximum Gasteiger partial charge on any atom is 0.242 e. The molecule has 1 amide bonds. The molecule has 158 valence electrons. The van der Waals surface area contributed by atoms with Gasteiger partial charge < -0.3 is 15.1 Å². The second-order valence-electron chi connectivity index (χ2n) is 6.87. The van der Waals surface area contributed by atoms with Crippen molar-refractivity contribution in [2.24, 2.45) is 4.99 Å². The van der Waals surface area contributed by atoms with Gasteiger partial charge in [0.1, 0.15) is 0 Å². The first-order chi connectivity index (χ1) is 13.5. The van der Waals surface area contributed by atoms with E-state index in [1.807, 2.05) is 37.6 Å².